The Morgan fingerprint density at radius 1 is 0.286 bits per heavy atom. The first-order chi connectivity index (χ1) is 24.3. The van der Waals surface area contributed by atoms with Gasteiger partial charge in [0, 0.05) is 27.5 Å². The molecule has 2 aromatic heterocycles. The van der Waals surface area contributed by atoms with Crippen LogP contribution in [0.3, 0.4) is 0 Å². The lowest BCUT2D eigenvalue weighted by Crippen LogP contribution is -2.00. The van der Waals surface area contributed by atoms with E-state index in [0.717, 1.165) is 72.0 Å². The van der Waals surface area contributed by atoms with Crippen molar-refractivity contribution in [2.24, 2.45) is 0 Å². The van der Waals surface area contributed by atoms with Crippen LogP contribution in [0.2, 0.25) is 0 Å². The molecule has 0 saturated heterocycles. The molecule has 230 valence electrons. The van der Waals surface area contributed by atoms with Crippen LogP contribution in [0.25, 0.3) is 89.5 Å². The maximum atomic E-state index is 6.46. The summed E-state index contributed by atoms with van der Waals surface area (Å²) in [6.45, 7) is 0. The number of hydrogen-bond donors (Lipinski definition) is 0. The molecule has 0 unspecified atom stereocenters. The van der Waals surface area contributed by atoms with Crippen LogP contribution in [0.1, 0.15) is 0 Å². The van der Waals surface area contributed by atoms with Gasteiger partial charge < -0.3 is 4.42 Å². The van der Waals surface area contributed by atoms with Crippen LogP contribution in [0, 0.1) is 0 Å². The van der Waals surface area contributed by atoms with Crippen molar-refractivity contribution in [1.82, 2.24) is 15.0 Å². The lowest BCUT2D eigenvalue weighted by Gasteiger charge is -2.11. The Morgan fingerprint density at radius 3 is 1.37 bits per heavy atom. The van der Waals surface area contributed by atoms with Crippen LogP contribution >= 0.6 is 0 Å². The summed E-state index contributed by atoms with van der Waals surface area (Å²) in [6, 6.07) is 60.4. The lowest BCUT2D eigenvalue weighted by molar-refractivity contribution is 0.669. The molecular formula is C45H29N3O. The number of fused-ring (bicyclic) bond motifs is 3. The molecule has 0 aliphatic heterocycles. The summed E-state index contributed by atoms with van der Waals surface area (Å²) in [4.78, 5) is 15.4. The van der Waals surface area contributed by atoms with E-state index in [1.165, 1.54) is 0 Å². The molecule has 0 bridgehead atoms. The summed E-state index contributed by atoms with van der Waals surface area (Å²) in [5.41, 5.74) is 11.1. The molecule has 49 heavy (non-hydrogen) atoms. The maximum absolute atomic E-state index is 6.46. The number of furan rings is 1. The largest absolute Gasteiger partial charge is 0.456 e. The normalized spacial score (nSPS) is 11.3. The smallest absolute Gasteiger partial charge is 0.164 e. The first-order valence-electron chi connectivity index (χ1n) is 16.4. The zero-order valence-corrected chi connectivity index (χ0v) is 26.5. The zero-order valence-electron chi connectivity index (χ0n) is 26.5. The minimum atomic E-state index is 0.591. The van der Waals surface area contributed by atoms with Gasteiger partial charge in [0.2, 0.25) is 0 Å². The Morgan fingerprint density at radius 2 is 0.714 bits per heavy atom. The van der Waals surface area contributed by atoms with Gasteiger partial charge in [-0.2, -0.15) is 0 Å². The van der Waals surface area contributed by atoms with Crippen molar-refractivity contribution in [3.63, 3.8) is 0 Å². The highest BCUT2D eigenvalue weighted by Crippen LogP contribution is 2.41. The van der Waals surface area contributed by atoms with Crippen molar-refractivity contribution in [1.29, 1.82) is 0 Å². The predicted molar refractivity (Wildman–Crippen MR) is 200 cm³/mol. The van der Waals surface area contributed by atoms with Gasteiger partial charge in [0.05, 0.1) is 0 Å². The molecule has 0 amide bonds. The minimum Gasteiger partial charge on any atom is -0.456 e. The molecule has 4 heteroatoms. The van der Waals surface area contributed by atoms with Crippen molar-refractivity contribution in [2.75, 3.05) is 0 Å². The molecule has 0 saturated carbocycles. The van der Waals surface area contributed by atoms with E-state index >= 15 is 0 Å². The van der Waals surface area contributed by atoms with E-state index < -0.39 is 0 Å². The topological polar surface area (TPSA) is 51.8 Å². The third-order valence-corrected chi connectivity index (χ3v) is 8.96. The average molecular weight is 628 g/mol. The van der Waals surface area contributed by atoms with Crippen molar-refractivity contribution in [3.8, 4) is 67.5 Å². The molecule has 0 fully saturated rings. The molecule has 0 radical (unpaired) electrons. The van der Waals surface area contributed by atoms with E-state index in [2.05, 4.69) is 133 Å². The SMILES string of the molecule is c1ccc(-c2ccc(-c3nc(-c4cccc(-c5ccccc5)c4)nc(-c4cccc5oc6cccc(-c7ccccc7)c6c45)n3)cc2)cc1. The molecule has 4 nitrogen and oxygen atoms in total. The quantitative estimate of drug-likeness (QED) is 0.184. The lowest BCUT2D eigenvalue weighted by atomic mass is 9.97. The maximum Gasteiger partial charge on any atom is 0.164 e. The van der Waals surface area contributed by atoms with Crippen molar-refractivity contribution in [2.45, 2.75) is 0 Å². The summed E-state index contributed by atoms with van der Waals surface area (Å²) >= 11 is 0. The standard InChI is InChI=1S/C45H29N3O/c1-4-13-30(14-5-1)32-25-27-34(28-26-32)43-46-44(36-20-10-19-35(29-36)31-15-6-2-7-16-31)48-45(47-43)38-22-12-24-40-42(38)41-37(21-11-23-39(41)49-40)33-17-8-3-9-18-33/h1-29H. The first kappa shape index (κ1) is 28.6. The van der Waals surface area contributed by atoms with Gasteiger partial charge in [0.25, 0.3) is 0 Å². The fraction of sp³-hybridized carbons (Fsp3) is 0. The van der Waals surface area contributed by atoms with E-state index in [-0.39, 0.29) is 0 Å². The van der Waals surface area contributed by atoms with Crippen LogP contribution in [-0.2, 0) is 0 Å². The van der Waals surface area contributed by atoms with Gasteiger partial charge in [-0.15, -0.1) is 0 Å². The van der Waals surface area contributed by atoms with Crippen molar-refractivity contribution < 1.29 is 4.42 Å². The van der Waals surface area contributed by atoms with E-state index in [1.807, 2.05) is 42.5 Å². The Labute approximate surface area is 284 Å². The molecule has 0 spiro atoms. The Balaban J connectivity index is 1.26. The van der Waals surface area contributed by atoms with Gasteiger partial charge in [0.1, 0.15) is 11.2 Å². The fourth-order valence-electron chi connectivity index (χ4n) is 6.58. The van der Waals surface area contributed by atoms with Crippen LogP contribution in [0.4, 0.5) is 0 Å². The first-order valence-corrected chi connectivity index (χ1v) is 16.4. The summed E-state index contributed by atoms with van der Waals surface area (Å²) in [7, 11) is 0. The Bertz CT molecular complexity index is 2580. The number of benzene rings is 7. The third-order valence-electron chi connectivity index (χ3n) is 8.96. The second-order valence-corrected chi connectivity index (χ2v) is 12.0. The van der Waals surface area contributed by atoms with Crippen LogP contribution in [0.15, 0.2) is 180 Å². The van der Waals surface area contributed by atoms with Crippen molar-refractivity contribution in [3.05, 3.63) is 176 Å². The van der Waals surface area contributed by atoms with Gasteiger partial charge in [-0.25, -0.2) is 15.0 Å². The molecule has 0 aliphatic rings. The van der Waals surface area contributed by atoms with Crippen LogP contribution in [0.5, 0.6) is 0 Å². The minimum absolute atomic E-state index is 0.591. The molecular weight excluding hydrogens is 599 g/mol. The Kier molecular flexibility index (Phi) is 7.10. The van der Waals surface area contributed by atoms with Gasteiger partial charge in [-0.1, -0.05) is 158 Å². The summed E-state index contributed by atoms with van der Waals surface area (Å²) in [5, 5.41) is 2.03. The summed E-state index contributed by atoms with van der Waals surface area (Å²) in [6.07, 6.45) is 0. The average Bonchev–Trinajstić information content (AvgIpc) is 3.58. The second kappa shape index (κ2) is 12.2. The van der Waals surface area contributed by atoms with Gasteiger partial charge in [0.15, 0.2) is 17.5 Å². The van der Waals surface area contributed by atoms with Crippen LogP contribution in [-0.4, -0.2) is 15.0 Å². The van der Waals surface area contributed by atoms with E-state index in [1.54, 1.807) is 0 Å². The molecule has 0 aliphatic carbocycles. The number of hydrogen-bond acceptors (Lipinski definition) is 4. The highest BCUT2D eigenvalue weighted by molar-refractivity contribution is 6.17. The monoisotopic (exact) mass is 627 g/mol. The van der Waals surface area contributed by atoms with Crippen molar-refractivity contribution >= 4 is 21.9 Å². The van der Waals surface area contributed by atoms with Gasteiger partial charge in [-0.05, 0) is 51.6 Å². The molecule has 7 aromatic carbocycles. The van der Waals surface area contributed by atoms with Gasteiger partial charge >= 0.3 is 0 Å². The molecule has 9 aromatic rings. The predicted octanol–water partition coefficient (Wildman–Crippen LogP) is 11.8. The molecule has 0 atom stereocenters. The van der Waals surface area contributed by atoms with Crippen LogP contribution < -0.4 is 0 Å². The molecule has 2 heterocycles. The number of rotatable bonds is 6. The van der Waals surface area contributed by atoms with E-state index in [9.17, 15) is 0 Å². The summed E-state index contributed by atoms with van der Waals surface area (Å²) < 4.78 is 6.46. The van der Waals surface area contributed by atoms with Gasteiger partial charge in [-0.3, -0.25) is 0 Å². The third kappa shape index (κ3) is 5.35. The second-order valence-electron chi connectivity index (χ2n) is 12.0. The van der Waals surface area contributed by atoms with E-state index in [0.29, 0.717) is 17.5 Å². The van der Waals surface area contributed by atoms with E-state index in [4.69, 9.17) is 19.4 Å². The molecule has 9 rings (SSSR count). The summed E-state index contributed by atoms with van der Waals surface area (Å²) in [5.74, 6) is 1.81. The zero-order chi connectivity index (χ0) is 32.6. The Hall–Kier alpha value is -6.65. The molecule has 0 N–H and O–H groups in total. The highest BCUT2D eigenvalue weighted by atomic mass is 16.3. The number of aromatic nitrogens is 3. The number of nitrogens with zero attached hydrogens (tertiary/aromatic N) is 3. The fourth-order valence-corrected chi connectivity index (χ4v) is 6.58. The highest BCUT2D eigenvalue weighted by Gasteiger charge is 2.20.